The standard InChI is InChI=1S/C15H13NO5/c1-20-14-8-7-11(9-13(14)16(18)19)10-21-15(17)12-5-3-2-4-6-12/h2-9H,10H2,1H3. The van der Waals surface area contributed by atoms with Crippen LogP contribution in [-0.2, 0) is 11.3 Å². The zero-order chi connectivity index (χ0) is 15.2. The SMILES string of the molecule is COc1ccc(COC(=O)c2ccccc2)cc1[N+](=O)[O-]. The van der Waals surface area contributed by atoms with Gasteiger partial charge in [-0.2, -0.15) is 0 Å². The maximum absolute atomic E-state index is 11.8. The monoisotopic (exact) mass is 287 g/mol. The molecule has 108 valence electrons. The van der Waals surface area contributed by atoms with Crippen molar-refractivity contribution in [1.29, 1.82) is 0 Å². The van der Waals surface area contributed by atoms with Crippen molar-refractivity contribution < 1.29 is 19.2 Å². The first-order valence-corrected chi connectivity index (χ1v) is 6.15. The smallest absolute Gasteiger partial charge is 0.338 e. The molecule has 21 heavy (non-hydrogen) atoms. The van der Waals surface area contributed by atoms with Gasteiger partial charge in [-0.15, -0.1) is 0 Å². The largest absolute Gasteiger partial charge is 0.490 e. The molecule has 0 bridgehead atoms. The van der Waals surface area contributed by atoms with Crippen LogP contribution < -0.4 is 4.74 Å². The number of nitrogens with zero attached hydrogens (tertiary/aromatic N) is 1. The molecule has 0 saturated heterocycles. The summed E-state index contributed by atoms with van der Waals surface area (Å²) in [7, 11) is 1.36. The van der Waals surface area contributed by atoms with E-state index < -0.39 is 10.9 Å². The van der Waals surface area contributed by atoms with Crippen LogP contribution in [0.5, 0.6) is 5.75 Å². The zero-order valence-corrected chi connectivity index (χ0v) is 11.3. The lowest BCUT2D eigenvalue weighted by Gasteiger charge is -2.06. The summed E-state index contributed by atoms with van der Waals surface area (Å²) < 4.78 is 10.0. The highest BCUT2D eigenvalue weighted by molar-refractivity contribution is 5.89. The van der Waals surface area contributed by atoms with Crippen molar-refractivity contribution in [2.45, 2.75) is 6.61 Å². The third kappa shape index (κ3) is 3.56. The van der Waals surface area contributed by atoms with E-state index in [1.807, 2.05) is 0 Å². The first-order valence-electron chi connectivity index (χ1n) is 6.15. The summed E-state index contributed by atoms with van der Waals surface area (Å²) in [6.45, 7) is -0.0431. The summed E-state index contributed by atoms with van der Waals surface area (Å²) in [5.41, 5.74) is 0.790. The Morgan fingerprint density at radius 2 is 1.90 bits per heavy atom. The maximum atomic E-state index is 11.8. The lowest BCUT2D eigenvalue weighted by molar-refractivity contribution is -0.385. The van der Waals surface area contributed by atoms with Crippen LogP contribution in [0, 0.1) is 10.1 Å². The van der Waals surface area contributed by atoms with Gasteiger partial charge in [0.25, 0.3) is 0 Å². The minimum atomic E-state index is -0.540. The highest BCUT2D eigenvalue weighted by atomic mass is 16.6. The lowest BCUT2D eigenvalue weighted by atomic mass is 10.2. The zero-order valence-electron chi connectivity index (χ0n) is 11.3. The molecule has 0 N–H and O–H groups in total. The van der Waals surface area contributed by atoms with Gasteiger partial charge in [-0.1, -0.05) is 24.3 Å². The highest BCUT2D eigenvalue weighted by Gasteiger charge is 2.16. The fraction of sp³-hybridized carbons (Fsp3) is 0.133. The molecule has 0 radical (unpaired) electrons. The second kappa shape index (κ2) is 6.51. The summed E-state index contributed by atoms with van der Waals surface area (Å²) in [6.07, 6.45) is 0. The third-order valence-electron chi connectivity index (χ3n) is 2.82. The van der Waals surface area contributed by atoms with E-state index in [1.165, 1.54) is 19.2 Å². The normalized spacial score (nSPS) is 9.95. The van der Waals surface area contributed by atoms with Crippen LogP contribution in [0.2, 0.25) is 0 Å². The lowest BCUT2D eigenvalue weighted by Crippen LogP contribution is -2.05. The number of ether oxygens (including phenoxy) is 2. The molecule has 0 heterocycles. The Morgan fingerprint density at radius 1 is 1.19 bits per heavy atom. The molecular weight excluding hydrogens is 274 g/mol. The van der Waals surface area contributed by atoms with Crippen LogP contribution in [-0.4, -0.2) is 18.0 Å². The van der Waals surface area contributed by atoms with E-state index in [4.69, 9.17) is 9.47 Å². The second-order valence-corrected chi connectivity index (χ2v) is 4.21. The molecule has 0 aliphatic rings. The average molecular weight is 287 g/mol. The Bertz CT molecular complexity index is 654. The van der Waals surface area contributed by atoms with Crippen LogP contribution in [0.15, 0.2) is 48.5 Å². The van der Waals surface area contributed by atoms with Gasteiger partial charge in [0, 0.05) is 6.07 Å². The molecule has 0 fully saturated rings. The van der Waals surface area contributed by atoms with Gasteiger partial charge in [-0.25, -0.2) is 4.79 Å². The van der Waals surface area contributed by atoms with Gasteiger partial charge < -0.3 is 9.47 Å². The first-order chi connectivity index (χ1) is 10.1. The van der Waals surface area contributed by atoms with Crippen molar-refractivity contribution in [2.75, 3.05) is 7.11 Å². The number of hydrogen-bond donors (Lipinski definition) is 0. The van der Waals surface area contributed by atoms with E-state index >= 15 is 0 Å². The van der Waals surface area contributed by atoms with E-state index in [2.05, 4.69) is 0 Å². The van der Waals surface area contributed by atoms with E-state index in [-0.39, 0.29) is 18.0 Å². The minimum Gasteiger partial charge on any atom is -0.490 e. The molecule has 0 saturated carbocycles. The molecule has 6 nitrogen and oxygen atoms in total. The van der Waals surface area contributed by atoms with Gasteiger partial charge in [-0.05, 0) is 23.8 Å². The van der Waals surface area contributed by atoms with Crippen molar-refractivity contribution in [3.8, 4) is 5.75 Å². The molecule has 2 aromatic carbocycles. The van der Waals surface area contributed by atoms with Crippen molar-refractivity contribution in [3.05, 3.63) is 69.8 Å². The molecule has 0 atom stereocenters. The Hall–Kier alpha value is -2.89. The number of esters is 1. The Balaban J connectivity index is 2.09. The summed E-state index contributed by atoms with van der Waals surface area (Å²) in [4.78, 5) is 22.1. The third-order valence-corrected chi connectivity index (χ3v) is 2.82. The number of methoxy groups -OCH3 is 1. The molecule has 6 heteroatoms. The predicted octanol–water partition coefficient (Wildman–Crippen LogP) is 2.96. The van der Waals surface area contributed by atoms with Crippen LogP contribution >= 0.6 is 0 Å². The number of nitro groups is 1. The molecule has 0 spiro atoms. The number of nitro benzene ring substituents is 1. The van der Waals surface area contributed by atoms with E-state index in [1.54, 1.807) is 36.4 Å². The quantitative estimate of drug-likeness (QED) is 0.480. The Morgan fingerprint density at radius 3 is 2.52 bits per heavy atom. The summed E-state index contributed by atoms with van der Waals surface area (Å²) in [5.74, 6) is -0.313. The van der Waals surface area contributed by atoms with Gasteiger partial charge in [0.2, 0.25) is 0 Å². The van der Waals surface area contributed by atoms with Crippen molar-refractivity contribution in [1.82, 2.24) is 0 Å². The van der Waals surface area contributed by atoms with Crippen molar-refractivity contribution >= 4 is 11.7 Å². The molecule has 2 aromatic rings. The van der Waals surface area contributed by atoms with Crippen LogP contribution in [0.1, 0.15) is 15.9 Å². The van der Waals surface area contributed by atoms with Crippen LogP contribution in [0.4, 0.5) is 5.69 Å². The van der Waals surface area contributed by atoms with Gasteiger partial charge in [-0.3, -0.25) is 10.1 Å². The van der Waals surface area contributed by atoms with E-state index in [0.717, 1.165) is 0 Å². The number of benzene rings is 2. The molecule has 0 unspecified atom stereocenters. The molecule has 0 aromatic heterocycles. The fourth-order valence-corrected chi connectivity index (χ4v) is 1.77. The molecule has 0 aliphatic heterocycles. The summed E-state index contributed by atoms with van der Waals surface area (Å²) in [5, 5.41) is 10.9. The number of carbonyl (C=O) groups excluding carboxylic acids is 1. The van der Waals surface area contributed by atoms with Gasteiger partial charge in [0.1, 0.15) is 6.61 Å². The average Bonchev–Trinajstić information content (AvgIpc) is 2.53. The van der Waals surface area contributed by atoms with Gasteiger partial charge in [0.15, 0.2) is 5.75 Å². The number of carbonyl (C=O) groups is 1. The first kappa shape index (κ1) is 14.5. The molecule has 2 rings (SSSR count). The second-order valence-electron chi connectivity index (χ2n) is 4.21. The predicted molar refractivity (Wildman–Crippen MR) is 75.2 cm³/mol. The van der Waals surface area contributed by atoms with E-state index in [9.17, 15) is 14.9 Å². The van der Waals surface area contributed by atoms with Gasteiger partial charge in [0.05, 0.1) is 17.6 Å². The Kier molecular flexibility index (Phi) is 4.50. The molecule has 0 amide bonds. The maximum Gasteiger partial charge on any atom is 0.338 e. The van der Waals surface area contributed by atoms with E-state index in [0.29, 0.717) is 11.1 Å². The van der Waals surface area contributed by atoms with Crippen molar-refractivity contribution in [2.24, 2.45) is 0 Å². The van der Waals surface area contributed by atoms with Crippen LogP contribution in [0.3, 0.4) is 0 Å². The Labute approximate surface area is 121 Å². The minimum absolute atomic E-state index is 0.0431. The topological polar surface area (TPSA) is 78.7 Å². The fourth-order valence-electron chi connectivity index (χ4n) is 1.77. The molecule has 0 aliphatic carbocycles. The number of hydrogen-bond acceptors (Lipinski definition) is 5. The van der Waals surface area contributed by atoms with Crippen molar-refractivity contribution in [3.63, 3.8) is 0 Å². The van der Waals surface area contributed by atoms with Crippen LogP contribution in [0.25, 0.3) is 0 Å². The highest BCUT2D eigenvalue weighted by Crippen LogP contribution is 2.27. The summed E-state index contributed by atoms with van der Waals surface area (Å²) in [6, 6.07) is 13.0. The molecular formula is C15H13NO5. The number of rotatable bonds is 5. The summed E-state index contributed by atoms with van der Waals surface area (Å²) >= 11 is 0. The van der Waals surface area contributed by atoms with Gasteiger partial charge >= 0.3 is 11.7 Å².